The Hall–Kier alpha value is -0.450. The fourth-order valence-corrected chi connectivity index (χ4v) is 2.69. The van der Waals surface area contributed by atoms with E-state index >= 15 is 0 Å². The SMILES string of the molecule is CCCCN(C(C)CC)C(CN)c1ccc(Br)c(F)c1. The second-order valence-corrected chi connectivity index (χ2v) is 6.13. The van der Waals surface area contributed by atoms with Crippen molar-refractivity contribution in [1.29, 1.82) is 0 Å². The maximum atomic E-state index is 13.8. The number of nitrogens with zero attached hydrogens (tertiary/aromatic N) is 1. The van der Waals surface area contributed by atoms with E-state index in [9.17, 15) is 4.39 Å². The van der Waals surface area contributed by atoms with E-state index in [4.69, 9.17) is 5.73 Å². The van der Waals surface area contributed by atoms with E-state index in [1.165, 1.54) is 0 Å². The summed E-state index contributed by atoms with van der Waals surface area (Å²) < 4.78 is 14.3. The third-order valence-corrected chi connectivity index (χ3v) is 4.52. The molecule has 0 saturated heterocycles. The molecule has 20 heavy (non-hydrogen) atoms. The number of benzene rings is 1. The lowest BCUT2D eigenvalue weighted by molar-refractivity contribution is 0.140. The maximum absolute atomic E-state index is 13.8. The van der Waals surface area contributed by atoms with Crippen LogP contribution >= 0.6 is 15.9 Å². The Kier molecular flexibility index (Phi) is 7.70. The summed E-state index contributed by atoms with van der Waals surface area (Å²) in [4.78, 5) is 2.41. The number of unbranched alkanes of at least 4 members (excludes halogenated alkanes) is 1. The molecule has 0 aliphatic carbocycles. The third kappa shape index (κ3) is 4.54. The summed E-state index contributed by atoms with van der Waals surface area (Å²) in [7, 11) is 0. The molecule has 0 aromatic heterocycles. The Morgan fingerprint density at radius 3 is 2.55 bits per heavy atom. The van der Waals surface area contributed by atoms with Gasteiger partial charge in [0, 0.05) is 18.6 Å². The number of halogens is 2. The molecular formula is C16H26BrFN2. The fourth-order valence-electron chi connectivity index (χ4n) is 2.44. The number of hydrogen-bond donors (Lipinski definition) is 1. The summed E-state index contributed by atoms with van der Waals surface area (Å²) in [5.74, 6) is -0.222. The molecule has 0 amide bonds. The van der Waals surface area contributed by atoms with Gasteiger partial charge in [-0.2, -0.15) is 0 Å². The number of rotatable bonds is 8. The molecule has 1 rings (SSSR count). The minimum Gasteiger partial charge on any atom is -0.329 e. The van der Waals surface area contributed by atoms with Gasteiger partial charge in [0.25, 0.3) is 0 Å². The van der Waals surface area contributed by atoms with Gasteiger partial charge in [0.05, 0.1) is 4.47 Å². The van der Waals surface area contributed by atoms with E-state index in [2.05, 4.69) is 41.6 Å². The molecule has 2 N–H and O–H groups in total. The Bertz CT molecular complexity index is 411. The van der Waals surface area contributed by atoms with Crippen LogP contribution in [-0.2, 0) is 0 Å². The van der Waals surface area contributed by atoms with Gasteiger partial charge in [0.2, 0.25) is 0 Å². The zero-order valence-corrected chi connectivity index (χ0v) is 14.3. The second kappa shape index (κ2) is 8.75. The van der Waals surface area contributed by atoms with Gasteiger partial charge in [-0.25, -0.2) is 4.39 Å². The standard InChI is InChI=1S/C16H26BrFN2/c1-4-6-9-20(12(3)5-2)16(11-19)13-7-8-14(17)15(18)10-13/h7-8,10,12,16H,4-6,9,11,19H2,1-3H3. The quantitative estimate of drug-likeness (QED) is 0.752. The van der Waals surface area contributed by atoms with E-state index in [0.29, 0.717) is 17.1 Å². The van der Waals surface area contributed by atoms with Crippen molar-refractivity contribution in [3.8, 4) is 0 Å². The molecule has 2 atom stereocenters. The largest absolute Gasteiger partial charge is 0.329 e. The van der Waals surface area contributed by atoms with Gasteiger partial charge in [0.1, 0.15) is 5.82 Å². The normalized spacial score (nSPS) is 14.6. The maximum Gasteiger partial charge on any atom is 0.137 e. The molecule has 0 aliphatic rings. The lowest BCUT2D eigenvalue weighted by Crippen LogP contribution is -2.40. The molecule has 0 spiro atoms. The molecule has 0 heterocycles. The van der Waals surface area contributed by atoms with Gasteiger partial charge in [-0.05, 0) is 59.9 Å². The lowest BCUT2D eigenvalue weighted by Gasteiger charge is -2.36. The first-order valence-electron chi connectivity index (χ1n) is 7.45. The summed E-state index contributed by atoms with van der Waals surface area (Å²) in [6.45, 7) is 8.10. The molecule has 0 bridgehead atoms. The van der Waals surface area contributed by atoms with Crippen LogP contribution in [0, 0.1) is 5.82 Å². The van der Waals surface area contributed by atoms with E-state index in [1.54, 1.807) is 12.1 Å². The molecule has 2 unspecified atom stereocenters. The van der Waals surface area contributed by atoms with Crippen LogP contribution in [0.5, 0.6) is 0 Å². The first-order chi connectivity index (χ1) is 9.54. The summed E-state index contributed by atoms with van der Waals surface area (Å²) in [6.07, 6.45) is 3.36. The highest BCUT2D eigenvalue weighted by molar-refractivity contribution is 9.10. The minimum absolute atomic E-state index is 0.0825. The molecule has 4 heteroatoms. The summed E-state index contributed by atoms with van der Waals surface area (Å²) >= 11 is 3.20. The smallest absolute Gasteiger partial charge is 0.137 e. The van der Waals surface area contributed by atoms with Gasteiger partial charge in [-0.15, -0.1) is 0 Å². The highest BCUT2D eigenvalue weighted by atomic mass is 79.9. The van der Waals surface area contributed by atoms with Crippen LogP contribution in [-0.4, -0.2) is 24.0 Å². The summed E-state index contributed by atoms with van der Waals surface area (Å²) in [5.41, 5.74) is 6.94. The lowest BCUT2D eigenvalue weighted by atomic mass is 10.0. The molecule has 114 valence electrons. The van der Waals surface area contributed by atoms with Crippen LogP contribution in [0.4, 0.5) is 4.39 Å². The topological polar surface area (TPSA) is 29.3 Å². The van der Waals surface area contributed by atoms with Crippen molar-refractivity contribution in [2.75, 3.05) is 13.1 Å². The van der Waals surface area contributed by atoms with E-state index in [0.717, 1.165) is 31.4 Å². The van der Waals surface area contributed by atoms with Crippen LogP contribution in [0.2, 0.25) is 0 Å². The molecule has 0 fully saturated rings. The first kappa shape index (κ1) is 17.6. The van der Waals surface area contributed by atoms with Gasteiger partial charge >= 0.3 is 0 Å². The van der Waals surface area contributed by atoms with Gasteiger partial charge in [0.15, 0.2) is 0 Å². The van der Waals surface area contributed by atoms with Crippen molar-refractivity contribution >= 4 is 15.9 Å². The van der Waals surface area contributed by atoms with Crippen molar-refractivity contribution in [2.24, 2.45) is 5.73 Å². The van der Waals surface area contributed by atoms with E-state index in [1.807, 2.05) is 6.07 Å². The van der Waals surface area contributed by atoms with Crippen molar-refractivity contribution in [3.05, 3.63) is 34.1 Å². The predicted molar refractivity (Wildman–Crippen MR) is 87.3 cm³/mol. The fraction of sp³-hybridized carbons (Fsp3) is 0.625. The molecule has 0 radical (unpaired) electrons. The van der Waals surface area contributed by atoms with Gasteiger partial charge in [-0.3, -0.25) is 4.90 Å². The Labute approximate surface area is 130 Å². The Morgan fingerprint density at radius 2 is 2.05 bits per heavy atom. The van der Waals surface area contributed by atoms with Crippen molar-refractivity contribution in [2.45, 2.75) is 52.1 Å². The van der Waals surface area contributed by atoms with Crippen LogP contribution in [0.15, 0.2) is 22.7 Å². The molecule has 0 aliphatic heterocycles. The van der Waals surface area contributed by atoms with Crippen molar-refractivity contribution in [1.82, 2.24) is 4.90 Å². The van der Waals surface area contributed by atoms with Gasteiger partial charge < -0.3 is 5.73 Å². The molecule has 1 aromatic carbocycles. The monoisotopic (exact) mass is 344 g/mol. The van der Waals surface area contributed by atoms with E-state index in [-0.39, 0.29) is 11.9 Å². The second-order valence-electron chi connectivity index (χ2n) is 5.27. The highest BCUT2D eigenvalue weighted by Gasteiger charge is 2.23. The average molecular weight is 345 g/mol. The zero-order chi connectivity index (χ0) is 15.1. The van der Waals surface area contributed by atoms with Crippen LogP contribution in [0.1, 0.15) is 51.6 Å². The summed E-state index contributed by atoms with van der Waals surface area (Å²) in [6, 6.07) is 5.86. The number of nitrogens with two attached hydrogens (primary N) is 1. The van der Waals surface area contributed by atoms with Crippen molar-refractivity contribution in [3.63, 3.8) is 0 Å². The number of hydrogen-bond acceptors (Lipinski definition) is 2. The van der Waals surface area contributed by atoms with Crippen LogP contribution in [0.25, 0.3) is 0 Å². The van der Waals surface area contributed by atoms with Crippen molar-refractivity contribution < 1.29 is 4.39 Å². The zero-order valence-electron chi connectivity index (χ0n) is 12.7. The van der Waals surface area contributed by atoms with Crippen LogP contribution < -0.4 is 5.73 Å². The van der Waals surface area contributed by atoms with E-state index < -0.39 is 0 Å². The molecule has 0 saturated carbocycles. The molecule has 2 nitrogen and oxygen atoms in total. The van der Waals surface area contributed by atoms with Gasteiger partial charge in [-0.1, -0.05) is 26.3 Å². The Morgan fingerprint density at radius 1 is 1.35 bits per heavy atom. The minimum atomic E-state index is -0.222. The highest BCUT2D eigenvalue weighted by Crippen LogP contribution is 2.27. The average Bonchev–Trinajstić information content (AvgIpc) is 2.46. The Balaban J connectivity index is 3.01. The predicted octanol–water partition coefficient (Wildman–Crippen LogP) is 4.49. The molecular weight excluding hydrogens is 319 g/mol. The molecule has 1 aromatic rings. The summed E-state index contributed by atoms with van der Waals surface area (Å²) in [5, 5.41) is 0. The van der Waals surface area contributed by atoms with Crippen LogP contribution in [0.3, 0.4) is 0 Å². The first-order valence-corrected chi connectivity index (χ1v) is 8.25. The third-order valence-electron chi connectivity index (χ3n) is 3.88.